The Hall–Kier alpha value is -0.570. The van der Waals surface area contributed by atoms with Crippen molar-refractivity contribution >= 4 is 5.91 Å². The van der Waals surface area contributed by atoms with Gasteiger partial charge in [0.2, 0.25) is 5.91 Å². The van der Waals surface area contributed by atoms with Crippen molar-refractivity contribution in [3.63, 3.8) is 0 Å². The molecule has 0 unspecified atom stereocenters. The van der Waals surface area contributed by atoms with Gasteiger partial charge in [-0.05, 0) is 62.8 Å². The minimum absolute atomic E-state index is 0.122. The van der Waals surface area contributed by atoms with Crippen LogP contribution in [0.25, 0.3) is 0 Å². The van der Waals surface area contributed by atoms with Gasteiger partial charge in [0.1, 0.15) is 0 Å². The van der Waals surface area contributed by atoms with Gasteiger partial charge in [-0.25, -0.2) is 0 Å². The van der Waals surface area contributed by atoms with E-state index in [0.717, 1.165) is 38.9 Å². The van der Waals surface area contributed by atoms with Crippen LogP contribution in [0, 0.1) is 16.7 Å². The maximum atomic E-state index is 13.2. The predicted octanol–water partition coefficient (Wildman–Crippen LogP) is 3.83. The van der Waals surface area contributed by atoms with Gasteiger partial charge < -0.3 is 10.2 Å². The highest BCUT2D eigenvalue weighted by atomic mass is 16.2. The molecule has 2 heterocycles. The lowest BCUT2D eigenvalue weighted by Crippen LogP contribution is -2.52. The van der Waals surface area contributed by atoms with Gasteiger partial charge >= 0.3 is 0 Å². The SMILES string of the molecule is CCC(CC)(CC(C)C)C(=O)N1CCC2(CCCNC2)CC1. The van der Waals surface area contributed by atoms with E-state index in [9.17, 15) is 4.79 Å². The van der Waals surface area contributed by atoms with Crippen molar-refractivity contribution in [2.45, 2.75) is 72.6 Å². The van der Waals surface area contributed by atoms with Crippen molar-refractivity contribution < 1.29 is 4.79 Å². The van der Waals surface area contributed by atoms with E-state index >= 15 is 0 Å². The van der Waals surface area contributed by atoms with Crippen LogP contribution >= 0.6 is 0 Å². The lowest BCUT2D eigenvalue weighted by atomic mass is 9.71. The third-order valence-corrected chi connectivity index (χ3v) is 6.28. The van der Waals surface area contributed by atoms with Gasteiger partial charge in [-0.3, -0.25) is 4.79 Å². The van der Waals surface area contributed by atoms with Crippen molar-refractivity contribution in [1.29, 1.82) is 0 Å². The van der Waals surface area contributed by atoms with Gasteiger partial charge in [0, 0.05) is 25.0 Å². The van der Waals surface area contributed by atoms with Gasteiger partial charge in [0.25, 0.3) is 0 Å². The van der Waals surface area contributed by atoms with E-state index in [0.29, 0.717) is 17.2 Å². The Kier molecular flexibility index (Phi) is 5.93. The lowest BCUT2D eigenvalue weighted by Gasteiger charge is -2.47. The maximum Gasteiger partial charge on any atom is 0.228 e. The minimum Gasteiger partial charge on any atom is -0.342 e. The number of hydrogen-bond donors (Lipinski definition) is 1. The largest absolute Gasteiger partial charge is 0.342 e. The molecule has 3 heteroatoms. The molecule has 0 atom stereocenters. The number of likely N-dealkylation sites (tertiary alicyclic amines) is 1. The second-order valence-corrected chi connectivity index (χ2v) is 8.16. The highest BCUT2D eigenvalue weighted by Gasteiger charge is 2.42. The summed E-state index contributed by atoms with van der Waals surface area (Å²) in [5.41, 5.74) is 0.359. The lowest BCUT2D eigenvalue weighted by molar-refractivity contribution is -0.146. The molecule has 0 saturated carbocycles. The number of nitrogens with zero attached hydrogens (tertiary/aromatic N) is 1. The van der Waals surface area contributed by atoms with Crippen molar-refractivity contribution in [3.05, 3.63) is 0 Å². The van der Waals surface area contributed by atoms with Gasteiger partial charge in [0.15, 0.2) is 0 Å². The Morgan fingerprint density at radius 1 is 1.18 bits per heavy atom. The van der Waals surface area contributed by atoms with Crippen LogP contribution in [0.2, 0.25) is 0 Å². The summed E-state index contributed by atoms with van der Waals surface area (Å²) in [6.07, 6.45) is 8.01. The van der Waals surface area contributed by atoms with Crippen LogP contribution in [-0.2, 0) is 4.79 Å². The predicted molar refractivity (Wildman–Crippen MR) is 92.8 cm³/mol. The first-order valence-corrected chi connectivity index (χ1v) is 9.47. The van der Waals surface area contributed by atoms with Gasteiger partial charge in [-0.2, -0.15) is 0 Å². The van der Waals surface area contributed by atoms with Crippen LogP contribution in [0.15, 0.2) is 0 Å². The Bertz CT molecular complexity index is 358. The van der Waals surface area contributed by atoms with Crippen LogP contribution in [0.3, 0.4) is 0 Å². The summed E-state index contributed by atoms with van der Waals surface area (Å²) in [7, 11) is 0. The van der Waals surface area contributed by atoms with Gasteiger partial charge in [0.05, 0.1) is 0 Å². The second kappa shape index (κ2) is 7.33. The first kappa shape index (κ1) is 17.8. The molecule has 0 radical (unpaired) electrons. The first-order valence-electron chi connectivity index (χ1n) is 9.47. The maximum absolute atomic E-state index is 13.2. The summed E-state index contributed by atoms with van der Waals surface area (Å²) in [5.74, 6) is 1.02. The van der Waals surface area contributed by atoms with Crippen molar-refractivity contribution in [2.75, 3.05) is 26.2 Å². The molecule has 0 aromatic rings. The van der Waals surface area contributed by atoms with E-state index in [1.165, 1.54) is 32.2 Å². The molecule has 1 spiro atoms. The van der Waals surface area contributed by atoms with E-state index in [-0.39, 0.29) is 5.41 Å². The quantitative estimate of drug-likeness (QED) is 0.837. The fraction of sp³-hybridized carbons (Fsp3) is 0.947. The third kappa shape index (κ3) is 3.67. The first-order chi connectivity index (χ1) is 10.5. The average Bonchev–Trinajstić information content (AvgIpc) is 2.53. The number of carbonyl (C=O) groups excluding carboxylic acids is 1. The van der Waals surface area contributed by atoms with Crippen molar-refractivity contribution in [2.24, 2.45) is 16.7 Å². The Labute approximate surface area is 137 Å². The molecule has 2 aliphatic rings. The van der Waals surface area contributed by atoms with Crippen LogP contribution in [-0.4, -0.2) is 37.0 Å². The fourth-order valence-electron chi connectivity index (χ4n) is 4.69. The molecular formula is C19H36N2O. The Balaban J connectivity index is 2.00. The van der Waals surface area contributed by atoms with E-state index in [1.807, 2.05) is 0 Å². The van der Waals surface area contributed by atoms with E-state index < -0.39 is 0 Å². The number of piperidine rings is 2. The highest BCUT2D eigenvalue weighted by Crippen LogP contribution is 2.41. The standard InChI is InChI=1S/C19H36N2O/c1-5-19(6-2,14-16(3)4)17(22)21-12-9-18(10-13-21)8-7-11-20-15-18/h16,20H,5-15H2,1-4H3. The zero-order valence-corrected chi connectivity index (χ0v) is 15.2. The molecule has 3 nitrogen and oxygen atoms in total. The average molecular weight is 309 g/mol. The van der Waals surface area contributed by atoms with E-state index in [4.69, 9.17) is 0 Å². The molecule has 1 amide bonds. The molecular weight excluding hydrogens is 272 g/mol. The van der Waals surface area contributed by atoms with Crippen LogP contribution in [0.1, 0.15) is 72.6 Å². The normalized spacial score (nSPS) is 22.3. The molecule has 0 aromatic carbocycles. The van der Waals surface area contributed by atoms with Crippen LogP contribution in [0.4, 0.5) is 0 Å². The third-order valence-electron chi connectivity index (χ3n) is 6.28. The summed E-state index contributed by atoms with van der Waals surface area (Å²) in [5, 5.41) is 3.56. The second-order valence-electron chi connectivity index (χ2n) is 8.16. The zero-order chi connectivity index (χ0) is 16.2. The summed E-state index contributed by atoms with van der Waals surface area (Å²) in [6.45, 7) is 13.2. The van der Waals surface area contributed by atoms with Gasteiger partial charge in [-0.1, -0.05) is 27.7 Å². The molecule has 1 N–H and O–H groups in total. The number of rotatable bonds is 5. The summed E-state index contributed by atoms with van der Waals surface area (Å²) >= 11 is 0. The zero-order valence-electron chi connectivity index (χ0n) is 15.2. The summed E-state index contributed by atoms with van der Waals surface area (Å²) in [6, 6.07) is 0. The van der Waals surface area contributed by atoms with Gasteiger partial charge in [-0.15, -0.1) is 0 Å². The molecule has 128 valence electrons. The van der Waals surface area contributed by atoms with E-state index in [2.05, 4.69) is 37.9 Å². The number of hydrogen-bond acceptors (Lipinski definition) is 2. The Morgan fingerprint density at radius 3 is 2.27 bits per heavy atom. The molecule has 0 aliphatic carbocycles. The molecule has 0 bridgehead atoms. The fourth-order valence-corrected chi connectivity index (χ4v) is 4.69. The smallest absolute Gasteiger partial charge is 0.228 e. The number of amides is 1. The molecule has 2 aliphatic heterocycles. The summed E-state index contributed by atoms with van der Waals surface area (Å²) in [4.78, 5) is 15.4. The Morgan fingerprint density at radius 2 is 1.82 bits per heavy atom. The molecule has 2 fully saturated rings. The summed E-state index contributed by atoms with van der Waals surface area (Å²) < 4.78 is 0. The molecule has 2 rings (SSSR count). The number of nitrogens with one attached hydrogen (secondary N) is 1. The highest BCUT2D eigenvalue weighted by molar-refractivity contribution is 5.82. The number of carbonyl (C=O) groups is 1. The topological polar surface area (TPSA) is 32.3 Å². The van der Waals surface area contributed by atoms with Crippen LogP contribution in [0.5, 0.6) is 0 Å². The molecule has 2 saturated heterocycles. The van der Waals surface area contributed by atoms with Crippen molar-refractivity contribution in [3.8, 4) is 0 Å². The van der Waals surface area contributed by atoms with Crippen LogP contribution < -0.4 is 5.32 Å². The van der Waals surface area contributed by atoms with Crippen molar-refractivity contribution in [1.82, 2.24) is 10.2 Å². The monoisotopic (exact) mass is 308 g/mol. The molecule has 22 heavy (non-hydrogen) atoms. The van der Waals surface area contributed by atoms with E-state index in [1.54, 1.807) is 0 Å². The minimum atomic E-state index is -0.122. The molecule has 0 aromatic heterocycles.